The Balaban J connectivity index is 2.22. The minimum atomic E-state index is 0.397. The van der Waals surface area contributed by atoms with Crippen LogP contribution in [0.1, 0.15) is 6.92 Å². The van der Waals surface area contributed by atoms with E-state index >= 15 is 0 Å². The van der Waals surface area contributed by atoms with Crippen LogP contribution in [-0.4, -0.2) is 16.5 Å². The lowest BCUT2D eigenvalue weighted by molar-refractivity contribution is 0.461. The smallest absolute Gasteiger partial charge is 0.239 e. The van der Waals surface area contributed by atoms with Crippen molar-refractivity contribution in [2.45, 2.75) is 6.92 Å². The molecule has 1 N–H and O–H groups in total. The van der Waals surface area contributed by atoms with Gasteiger partial charge in [0.15, 0.2) is 0 Å². The molecular formula is C12H11BrClN3O. The zero-order valence-electron chi connectivity index (χ0n) is 9.65. The van der Waals surface area contributed by atoms with Crippen LogP contribution in [0.15, 0.2) is 35.1 Å². The molecule has 2 rings (SSSR count). The maximum absolute atomic E-state index is 6.04. The van der Waals surface area contributed by atoms with Crippen molar-refractivity contribution >= 4 is 33.3 Å². The lowest BCUT2D eigenvalue weighted by Gasteiger charge is -2.08. The Hall–Kier alpha value is -1.33. The number of rotatable bonds is 4. The quantitative estimate of drug-likeness (QED) is 0.917. The first-order valence-electron chi connectivity index (χ1n) is 5.38. The monoisotopic (exact) mass is 327 g/mol. The number of halogens is 2. The first-order chi connectivity index (χ1) is 8.69. The lowest BCUT2D eigenvalue weighted by Crippen LogP contribution is -2.00. The Kier molecular flexibility index (Phi) is 4.38. The van der Waals surface area contributed by atoms with Crippen molar-refractivity contribution in [3.8, 4) is 11.6 Å². The summed E-state index contributed by atoms with van der Waals surface area (Å²) in [6.45, 7) is 2.76. The van der Waals surface area contributed by atoms with Crippen molar-refractivity contribution < 1.29 is 4.74 Å². The molecule has 0 aliphatic heterocycles. The summed E-state index contributed by atoms with van der Waals surface area (Å²) in [6, 6.07) is 5.38. The average molecular weight is 329 g/mol. The highest BCUT2D eigenvalue weighted by atomic mass is 79.9. The number of nitrogens with zero attached hydrogens (tertiary/aromatic N) is 2. The molecule has 0 atom stereocenters. The molecule has 94 valence electrons. The van der Waals surface area contributed by atoms with Crippen molar-refractivity contribution in [1.29, 1.82) is 0 Å². The molecule has 1 heterocycles. The zero-order chi connectivity index (χ0) is 13.0. The second kappa shape index (κ2) is 6.02. The van der Waals surface area contributed by atoms with E-state index in [4.69, 9.17) is 16.3 Å². The number of nitrogens with one attached hydrogen (secondary N) is 1. The third-order valence-corrected chi connectivity index (χ3v) is 2.88. The van der Waals surface area contributed by atoms with Gasteiger partial charge >= 0.3 is 0 Å². The van der Waals surface area contributed by atoms with Crippen LogP contribution in [0.3, 0.4) is 0 Å². The van der Waals surface area contributed by atoms with Crippen molar-refractivity contribution in [2.75, 3.05) is 11.9 Å². The second-order valence-electron chi connectivity index (χ2n) is 3.45. The molecule has 1 aromatic carbocycles. The number of hydrogen-bond acceptors (Lipinski definition) is 4. The molecule has 1 aromatic heterocycles. The molecule has 0 aliphatic rings. The normalized spacial score (nSPS) is 10.2. The highest BCUT2D eigenvalue weighted by Crippen LogP contribution is 2.31. The van der Waals surface area contributed by atoms with Gasteiger partial charge in [0, 0.05) is 11.0 Å². The maximum Gasteiger partial charge on any atom is 0.239 e. The van der Waals surface area contributed by atoms with Gasteiger partial charge in [-0.05, 0) is 25.1 Å². The molecular weight excluding hydrogens is 318 g/mol. The largest absolute Gasteiger partial charge is 0.436 e. The lowest BCUT2D eigenvalue weighted by atomic mass is 10.3. The molecule has 4 nitrogen and oxygen atoms in total. The topological polar surface area (TPSA) is 47.0 Å². The van der Waals surface area contributed by atoms with Crippen molar-refractivity contribution in [1.82, 2.24) is 9.97 Å². The Morgan fingerprint density at radius 3 is 3.00 bits per heavy atom. The molecule has 0 unspecified atom stereocenters. The summed E-state index contributed by atoms with van der Waals surface area (Å²) in [5.41, 5.74) is 0. The van der Waals surface area contributed by atoms with Gasteiger partial charge in [-0.25, -0.2) is 0 Å². The second-order valence-corrected chi connectivity index (χ2v) is 4.77. The molecule has 0 saturated carbocycles. The fourth-order valence-corrected chi connectivity index (χ4v) is 1.83. The van der Waals surface area contributed by atoms with Crippen molar-refractivity contribution in [3.63, 3.8) is 0 Å². The fraction of sp³-hybridized carbons (Fsp3) is 0.167. The molecule has 0 aliphatic carbocycles. The van der Waals surface area contributed by atoms with Gasteiger partial charge in [-0.1, -0.05) is 27.5 Å². The summed E-state index contributed by atoms with van der Waals surface area (Å²) in [4.78, 5) is 8.31. The van der Waals surface area contributed by atoms with Crippen LogP contribution in [0.4, 0.5) is 5.82 Å². The minimum absolute atomic E-state index is 0.397. The van der Waals surface area contributed by atoms with Crippen LogP contribution in [-0.2, 0) is 0 Å². The van der Waals surface area contributed by atoms with Crippen molar-refractivity contribution in [2.24, 2.45) is 0 Å². The van der Waals surface area contributed by atoms with Gasteiger partial charge in [0.05, 0.1) is 17.4 Å². The molecule has 0 radical (unpaired) electrons. The average Bonchev–Trinajstić information content (AvgIpc) is 2.35. The minimum Gasteiger partial charge on any atom is -0.436 e. The summed E-state index contributed by atoms with van der Waals surface area (Å²) in [5.74, 6) is 1.60. The van der Waals surface area contributed by atoms with E-state index in [1.54, 1.807) is 18.3 Å². The van der Waals surface area contributed by atoms with E-state index in [2.05, 4.69) is 31.2 Å². The fourth-order valence-electron chi connectivity index (χ4n) is 1.33. The van der Waals surface area contributed by atoms with E-state index in [-0.39, 0.29) is 0 Å². The summed E-state index contributed by atoms with van der Waals surface area (Å²) >= 11 is 9.40. The first kappa shape index (κ1) is 13.1. The number of hydrogen-bond donors (Lipinski definition) is 1. The standard InChI is InChI=1S/C12H11BrClN3O/c1-2-16-11-6-15-7-12(17-11)18-10-5-8(13)3-4-9(10)14/h3-7H,2H2,1H3,(H,16,17). The third kappa shape index (κ3) is 3.34. The molecule has 0 amide bonds. The van der Waals surface area contributed by atoms with Gasteiger partial charge in [-0.15, -0.1) is 0 Å². The van der Waals surface area contributed by atoms with E-state index in [1.807, 2.05) is 13.0 Å². The zero-order valence-corrected chi connectivity index (χ0v) is 12.0. The molecule has 0 spiro atoms. The Bertz CT molecular complexity index is 551. The van der Waals surface area contributed by atoms with Gasteiger partial charge in [-0.3, -0.25) is 4.98 Å². The highest BCUT2D eigenvalue weighted by molar-refractivity contribution is 9.10. The molecule has 0 bridgehead atoms. The van der Waals surface area contributed by atoms with E-state index in [1.165, 1.54) is 6.20 Å². The van der Waals surface area contributed by atoms with Gasteiger partial charge in [0.25, 0.3) is 0 Å². The number of benzene rings is 1. The van der Waals surface area contributed by atoms with E-state index < -0.39 is 0 Å². The predicted molar refractivity (Wildman–Crippen MR) is 75.4 cm³/mol. The van der Waals surface area contributed by atoms with Crippen LogP contribution >= 0.6 is 27.5 Å². The Morgan fingerprint density at radius 2 is 2.22 bits per heavy atom. The van der Waals surface area contributed by atoms with Gasteiger partial charge in [0.1, 0.15) is 11.6 Å². The summed E-state index contributed by atoms with van der Waals surface area (Å²) < 4.78 is 6.49. The van der Waals surface area contributed by atoms with Gasteiger partial charge in [0.2, 0.25) is 5.88 Å². The Labute approximate surface area is 118 Å². The number of aromatic nitrogens is 2. The van der Waals surface area contributed by atoms with Crippen LogP contribution in [0.2, 0.25) is 5.02 Å². The van der Waals surface area contributed by atoms with Crippen LogP contribution in [0.5, 0.6) is 11.6 Å². The van der Waals surface area contributed by atoms with E-state index in [0.717, 1.165) is 11.0 Å². The molecule has 6 heteroatoms. The maximum atomic E-state index is 6.04. The van der Waals surface area contributed by atoms with Crippen LogP contribution in [0.25, 0.3) is 0 Å². The van der Waals surface area contributed by atoms with Crippen LogP contribution in [0, 0.1) is 0 Å². The van der Waals surface area contributed by atoms with Crippen LogP contribution < -0.4 is 10.1 Å². The summed E-state index contributed by atoms with van der Waals surface area (Å²) in [7, 11) is 0. The van der Waals surface area contributed by atoms with Gasteiger partial charge in [-0.2, -0.15) is 4.98 Å². The Morgan fingerprint density at radius 1 is 1.39 bits per heavy atom. The van der Waals surface area contributed by atoms with Gasteiger partial charge < -0.3 is 10.1 Å². The molecule has 0 fully saturated rings. The highest BCUT2D eigenvalue weighted by Gasteiger charge is 2.06. The predicted octanol–water partition coefficient (Wildman–Crippen LogP) is 4.12. The van der Waals surface area contributed by atoms with E-state index in [9.17, 15) is 0 Å². The summed E-state index contributed by atoms with van der Waals surface area (Å²) in [6.07, 6.45) is 3.18. The molecule has 2 aromatic rings. The molecule has 0 saturated heterocycles. The number of anilines is 1. The summed E-state index contributed by atoms with van der Waals surface area (Å²) in [5, 5.41) is 3.59. The first-order valence-corrected chi connectivity index (χ1v) is 6.55. The molecule has 18 heavy (non-hydrogen) atoms. The third-order valence-electron chi connectivity index (χ3n) is 2.08. The van der Waals surface area contributed by atoms with E-state index in [0.29, 0.717) is 22.5 Å². The number of ether oxygens (including phenoxy) is 1. The SMILES string of the molecule is CCNc1cncc(Oc2cc(Br)ccc2Cl)n1. The van der Waals surface area contributed by atoms with Crippen molar-refractivity contribution in [3.05, 3.63) is 40.1 Å².